The molecule has 0 unspecified atom stereocenters. The van der Waals surface area contributed by atoms with Crippen molar-refractivity contribution in [2.24, 2.45) is 0 Å². The monoisotopic (exact) mass is 485 g/mol. The Balaban J connectivity index is 1.32. The standard InChI is InChI=1S/C28H24FN3O4/c1-35-25-11-4-3-10-24(25)32-28(34)19-13-15-21(16-14-19)31-27(33)18-30-23-9-2-5-12-26(23)36-22-8-6-7-20(29)17-22/h2-17,30H,18H2,1H3,(H,31,33)(H,32,34). The molecule has 0 fully saturated rings. The third-order valence-electron chi connectivity index (χ3n) is 5.14. The molecule has 3 N–H and O–H groups in total. The van der Waals surface area contributed by atoms with Gasteiger partial charge in [-0.1, -0.05) is 30.3 Å². The van der Waals surface area contributed by atoms with Crippen LogP contribution in [0.25, 0.3) is 0 Å². The molecule has 0 saturated carbocycles. The second-order valence-electron chi connectivity index (χ2n) is 7.69. The maximum Gasteiger partial charge on any atom is 0.255 e. The van der Waals surface area contributed by atoms with E-state index in [1.807, 2.05) is 6.07 Å². The summed E-state index contributed by atoms with van der Waals surface area (Å²) < 4.78 is 24.5. The highest BCUT2D eigenvalue weighted by Crippen LogP contribution is 2.29. The average molecular weight is 486 g/mol. The van der Waals surface area contributed by atoms with Crippen molar-refractivity contribution in [3.05, 3.63) is 108 Å². The minimum absolute atomic E-state index is 0.0282. The number of hydrogen-bond donors (Lipinski definition) is 3. The van der Waals surface area contributed by atoms with Crippen molar-refractivity contribution in [1.29, 1.82) is 0 Å². The molecule has 8 heteroatoms. The van der Waals surface area contributed by atoms with Gasteiger partial charge in [0.25, 0.3) is 5.91 Å². The van der Waals surface area contributed by atoms with Gasteiger partial charge in [-0.25, -0.2) is 4.39 Å². The number of anilines is 3. The van der Waals surface area contributed by atoms with E-state index in [0.29, 0.717) is 39.9 Å². The van der Waals surface area contributed by atoms with Crippen molar-refractivity contribution in [2.75, 3.05) is 29.6 Å². The van der Waals surface area contributed by atoms with E-state index in [1.165, 1.54) is 19.2 Å². The van der Waals surface area contributed by atoms with Crippen LogP contribution in [-0.2, 0) is 4.79 Å². The van der Waals surface area contributed by atoms with E-state index in [4.69, 9.17) is 9.47 Å². The lowest BCUT2D eigenvalue weighted by molar-refractivity contribution is -0.114. The van der Waals surface area contributed by atoms with Gasteiger partial charge in [-0.15, -0.1) is 0 Å². The Morgan fingerprint density at radius 2 is 1.47 bits per heavy atom. The number of nitrogens with one attached hydrogen (secondary N) is 3. The van der Waals surface area contributed by atoms with Crippen LogP contribution in [0.1, 0.15) is 10.4 Å². The summed E-state index contributed by atoms with van der Waals surface area (Å²) in [6.45, 7) is -0.0282. The van der Waals surface area contributed by atoms with Crippen molar-refractivity contribution < 1.29 is 23.5 Å². The lowest BCUT2D eigenvalue weighted by Crippen LogP contribution is -2.22. The van der Waals surface area contributed by atoms with Gasteiger partial charge >= 0.3 is 0 Å². The van der Waals surface area contributed by atoms with Crippen LogP contribution in [0.4, 0.5) is 21.5 Å². The maximum atomic E-state index is 13.5. The Bertz CT molecular complexity index is 1360. The fraction of sp³-hybridized carbons (Fsp3) is 0.0714. The van der Waals surface area contributed by atoms with Crippen LogP contribution in [0, 0.1) is 5.82 Å². The van der Waals surface area contributed by atoms with Gasteiger partial charge in [-0.2, -0.15) is 0 Å². The first-order valence-corrected chi connectivity index (χ1v) is 11.1. The summed E-state index contributed by atoms with van der Waals surface area (Å²) >= 11 is 0. The van der Waals surface area contributed by atoms with E-state index in [-0.39, 0.29) is 18.4 Å². The molecule has 4 aromatic carbocycles. The highest BCUT2D eigenvalue weighted by atomic mass is 19.1. The number of hydrogen-bond acceptors (Lipinski definition) is 5. The van der Waals surface area contributed by atoms with Gasteiger partial charge in [0, 0.05) is 17.3 Å². The van der Waals surface area contributed by atoms with Gasteiger partial charge in [-0.05, 0) is 60.7 Å². The summed E-state index contributed by atoms with van der Waals surface area (Å²) in [4.78, 5) is 25.0. The highest BCUT2D eigenvalue weighted by molar-refractivity contribution is 6.05. The van der Waals surface area contributed by atoms with Crippen LogP contribution >= 0.6 is 0 Å². The fourth-order valence-electron chi connectivity index (χ4n) is 3.39. The van der Waals surface area contributed by atoms with Crippen molar-refractivity contribution in [3.8, 4) is 17.2 Å². The summed E-state index contributed by atoms with van der Waals surface area (Å²) in [5, 5.41) is 8.62. The highest BCUT2D eigenvalue weighted by Gasteiger charge is 2.11. The molecule has 0 heterocycles. The molecule has 0 aliphatic heterocycles. The largest absolute Gasteiger partial charge is 0.495 e. The summed E-state index contributed by atoms with van der Waals surface area (Å²) in [6, 6.07) is 26.5. The van der Waals surface area contributed by atoms with Gasteiger partial charge in [-0.3, -0.25) is 9.59 Å². The predicted octanol–water partition coefficient (Wildman–Crippen LogP) is 5.93. The average Bonchev–Trinajstić information content (AvgIpc) is 2.89. The zero-order valence-corrected chi connectivity index (χ0v) is 19.5. The number of benzene rings is 4. The number of methoxy groups -OCH3 is 1. The van der Waals surface area contributed by atoms with Gasteiger partial charge in [0.1, 0.15) is 17.3 Å². The van der Waals surface area contributed by atoms with E-state index >= 15 is 0 Å². The Morgan fingerprint density at radius 3 is 2.19 bits per heavy atom. The number of halogens is 1. The van der Waals surface area contributed by atoms with E-state index < -0.39 is 5.82 Å². The first-order chi connectivity index (χ1) is 17.5. The maximum absolute atomic E-state index is 13.5. The summed E-state index contributed by atoms with van der Waals surface area (Å²) in [5.74, 6) is 0.381. The predicted molar refractivity (Wildman–Crippen MR) is 137 cm³/mol. The summed E-state index contributed by atoms with van der Waals surface area (Å²) in [5.41, 5.74) is 2.12. The quantitative estimate of drug-likeness (QED) is 0.274. The third kappa shape index (κ3) is 6.38. The molecule has 4 aromatic rings. The smallest absolute Gasteiger partial charge is 0.255 e. The number of rotatable bonds is 9. The molecule has 2 amide bonds. The van der Waals surface area contributed by atoms with Crippen LogP contribution in [0.3, 0.4) is 0 Å². The summed E-state index contributed by atoms with van der Waals surface area (Å²) in [6.07, 6.45) is 0. The Morgan fingerprint density at radius 1 is 0.778 bits per heavy atom. The number of para-hydroxylation sites is 4. The zero-order chi connectivity index (χ0) is 25.3. The number of ether oxygens (including phenoxy) is 2. The van der Waals surface area contributed by atoms with Crippen LogP contribution in [-0.4, -0.2) is 25.5 Å². The first kappa shape index (κ1) is 24.3. The molecule has 182 valence electrons. The van der Waals surface area contributed by atoms with Gasteiger partial charge in [0.2, 0.25) is 5.91 Å². The molecule has 0 aliphatic rings. The first-order valence-electron chi connectivity index (χ1n) is 11.1. The van der Waals surface area contributed by atoms with E-state index in [0.717, 1.165) is 0 Å². The molecule has 0 aliphatic carbocycles. The number of carbonyl (C=O) groups excluding carboxylic acids is 2. The van der Waals surface area contributed by atoms with Crippen LogP contribution in [0.5, 0.6) is 17.2 Å². The molecule has 0 saturated heterocycles. The van der Waals surface area contributed by atoms with E-state index in [2.05, 4.69) is 16.0 Å². The molecule has 0 spiro atoms. The lowest BCUT2D eigenvalue weighted by atomic mass is 10.2. The summed E-state index contributed by atoms with van der Waals surface area (Å²) in [7, 11) is 1.54. The SMILES string of the molecule is COc1ccccc1NC(=O)c1ccc(NC(=O)CNc2ccccc2Oc2cccc(F)c2)cc1. The van der Waals surface area contributed by atoms with Crippen molar-refractivity contribution in [1.82, 2.24) is 0 Å². The number of carbonyl (C=O) groups is 2. The molecular weight excluding hydrogens is 461 g/mol. The van der Waals surface area contributed by atoms with Crippen molar-refractivity contribution in [2.45, 2.75) is 0 Å². The Hall–Kier alpha value is -4.85. The molecule has 0 radical (unpaired) electrons. The Kier molecular flexibility index (Phi) is 7.77. The van der Waals surface area contributed by atoms with Crippen LogP contribution in [0.2, 0.25) is 0 Å². The fourth-order valence-corrected chi connectivity index (χ4v) is 3.39. The molecule has 0 aromatic heterocycles. The topological polar surface area (TPSA) is 88.7 Å². The van der Waals surface area contributed by atoms with E-state index in [1.54, 1.807) is 78.9 Å². The molecule has 7 nitrogen and oxygen atoms in total. The lowest BCUT2D eigenvalue weighted by Gasteiger charge is -2.13. The van der Waals surface area contributed by atoms with Gasteiger partial charge in [0.15, 0.2) is 5.75 Å². The number of amides is 2. The molecule has 4 rings (SSSR count). The van der Waals surface area contributed by atoms with Crippen molar-refractivity contribution in [3.63, 3.8) is 0 Å². The minimum atomic E-state index is -0.402. The second-order valence-corrected chi connectivity index (χ2v) is 7.69. The van der Waals surface area contributed by atoms with Crippen molar-refractivity contribution >= 4 is 28.9 Å². The second kappa shape index (κ2) is 11.5. The van der Waals surface area contributed by atoms with Crippen LogP contribution in [0.15, 0.2) is 97.1 Å². The third-order valence-corrected chi connectivity index (χ3v) is 5.14. The zero-order valence-electron chi connectivity index (χ0n) is 19.5. The molecular formula is C28H24FN3O4. The van der Waals surface area contributed by atoms with Gasteiger partial charge < -0.3 is 25.4 Å². The normalized spacial score (nSPS) is 10.3. The Labute approximate surface area is 207 Å². The van der Waals surface area contributed by atoms with Crippen LogP contribution < -0.4 is 25.4 Å². The molecule has 0 bridgehead atoms. The molecule has 36 heavy (non-hydrogen) atoms. The van der Waals surface area contributed by atoms with Gasteiger partial charge in [0.05, 0.1) is 25.0 Å². The molecule has 0 atom stereocenters. The van der Waals surface area contributed by atoms with E-state index in [9.17, 15) is 14.0 Å². The minimum Gasteiger partial charge on any atom is -0.495 e.